The van der Waals surface area contributed by atoms with Crippen LogP contribution in [0.25, 0.3) is 0 Å². The Labute approximate surface area is 219 Å². The molecule has 5 nitrogen and oxygen atoms in total. The second-order valence-electron chi connectivity index (χ2n) is 10.6. The summed E-state index contributed by atoms with van der Waals surface area (Å²) in [7, 11) is 0. The molecule has 37 heavy (non-hydrogen) atoms. The summed E-state index contributed by atoms with van der Waals surface area (Å²) in [4.78, 5) is 18.3. The topological polar surface area (TPSA) is 47.0 Å². The van der Waals surface area contributed by atoms with Gasteiger partial charge in [0.1, 0.15) is 5.82 Å². The molecule has 3 atom stereocenters. The fraction of sp³-hybridized carbons (Fsp3) is 0.387. The fourth-order valence-electron chi connectivity index (χ4n) is 5.94. The van der Waals surface area contributed by atoms with E-state index in [-0.39, 0.29) is 24.3 Å². The van der Waals surface area contributed by atoms with Crippen molar-refractivity contribution in [2.75, 3.05) is 19.6 Å². The van der Waals surface area contributed by atoms with Crippen LogP contribution in [0, 0.1) is 5.82 Å². The molecule has 2 aliphatic heterocycles. The van der Waals surface area contributed by atoms with E-state index in [1.165, 1.54) is 28.3 Å². The second-order valence-corrected chi connectivity index (χ2v) is 10.6. The summed E-state index contributed by atoms with van der Waals surface area (Å²) in [5.74, 6) is -0.982. The van der Waals surface area contributed by atoms with Gasteiger partial charge in [0.25, 0.3) is 0 Å². The summed E-state index contributed by atoms with van der Waals surface area (Å²) in [6, 6.07) is 24.8. The molecule has 194 valence electrons. The molecule has 0 radical (unpaired) electrons. The van der Waals surface area contributed by atoms with Crippen LogP contribution in [0.2, 0.25) is 0 Å². The molecule has 1 fully saturated rings. The number of carboxylic acids is 1. The van der Waals surface area contributed by atoms with Crippen LogP contribution in [0.1, 0.15) is 54.1 Å². The van der Waals surface area contributed by atoms with Crippen LogP contribution in [0.3, 0.4) is 0 Å². The van der Waals surface area contributed by atoms with Crippen LogP contribution in [-0.2, 0) is 24.4 Å². The standard InChI is InChI=1S/C31H36FN3O2/c1-22-18-35(23(2)17-34(22)19-24-7-4-3-5-8-24)31(25-9-6-10-29(32)16-25)26-11-12-27-20-33(14-13-30(36)37)21-28(27)15-26/h3-12,15-16,22-23,31H,13-14,17-21H2,1-2H3,(H,36,37)/t22-,23+,31+/m1/s1. The van der Waals surface area contributed by atoms with Gasteiger partial charge in [-0.15, -0.1) is 0 Å². The van der Waals surface area contributed by atoms with Crippen molar-refractivity contribution in [1.29, 1.82) is 0 Å². The maximum atomic E-state index is 14.4. The molecule has 0 unspecified atom stereocenters. The highest BCUT2D eigenvalue weighted by Crippen LogP contribution is 2.36. The maximum absolute atomic E-state index is 14.4. The normalized spacial score (nSPS) is 21.6. The first-order valence-electron chi connectivity index (χ1n) is 13.2. The summed E-state index contributed by atoms with van der Waals surface area (Å²) in [6.45, 7) is 9.39. The van der Waals surface area contributed by atoms with E-state index in [1.54, 1.807) is 12.1 Å². The molecule has 3 aromatic rings. The lowest BCUT2D eigenvalue weighted by Gasteiger charge is -2.47. The summed E-state index contributed by atoms with van der Waals surface area (Å²) < 4.78 is 14.4. The van der Waals surface area contributed by atoms with Crippen LogP contribution >= 0.6 is 0 Å². The van der Waals surface area contributed by atoms with Gasteiger partial charge in [0.2, 0.25) is 0 Å². The van der Waals surface area contributed by atoms with Crippen molar-refractivity contribution in [3.05, 3.63) is 106 Å². The molecule has 6 heteroatoms. The van der Waals surface area contributed by atoms with Crippen LogP contribution < -0.4 is 0 Å². The van der Waals surface area contributed by atoms with Gasteiger partial charge in [-0.05, 0) is 53.8 Å². The lowest BCUT2D eigenvalue weighted by Crippen LogP contribution is -2.56. The van der Waals surface area contributed by atoms with Gasteiger partial charge in [0, 0.05) is 51.4 Å². The van der Waals surface area contributed by atoms with Crippen molar-refractivity contribution in [3.63, 3.8) is 0 Å². The van der Waals surface area contributed by atoms with E-state index in [0.717, 1.165) is 38.3 Å². The zero-order chi connectivity index (χ0) is 25.9. The molecule has 1 N–H and O–H groups in total. The molecule has 3 aromatic carbocycles. The van der Waals surface area contributed by atoms with Gasteiger partial charge >= 0.3 is 5.97 Å². The quantitative estimate of drug-likeness (QED) is 0.454. The van der Waals surface area contributed by atoms with E-state index in [4.69, 9.17) is 5.11 Å². The van der Waals surface area contributed by atoms with Gasteiger partial charge in [0.05, 0.1) is 12.5 Å². The van der Waals surface area contributed by atoms with Crippen LogP contribution in [-0.4, -0.2) is 57.5 Å². The summed E-state index contributed by atoms with van der Waals surface area (Å²) >= 11 is 0. The summed E-state index contributed by atoms with van der Waals surface area (Å²) in [5, 5.41) is 9.08. The van der Waals surface area contributed by atoms with Gasteiger partial charge in [-0.1, -0.05) is 60.7 Å². The largest absolute Gasteiger partial charge is 0.481 e. The van der Waals surface area contributed by atoms with Crippen molar-refractivity contribution in [2.45, 2.75) is 58.0 Å². The van der Waals surface area contributed by atoms with Crippen LogP contribution in [0.5, 0.6) is 0 Å². The molecule has 1 saturated heterocycles. The first-order chi connectivity index (χ1) is 17.9. The highest BCUT2D eigenvalue weighted by atomic mass is 19.1. The van der Waals surface area contributed by atoms with Gasteiger partial charge in [-0.25, -0.2) is 4.39 Å². The summed E-state index contributed by atoms with van der Waals surface area (Å²) in [5.41, 5.74) is 5.95. The monoisotopic (exact) mass is 501 g/mol. The Morgan fingerprint density at radius 3 is 2.43 bits per heavy atom. The third-order valence-electron chi connectivity index (χ3n) is 7.86. The molecular formula is C31H36FN3O2. The highest BCUT2D eigenvalue weighted by Gasteiger charge is 2.35. The number of piperazine rings is 1. The van der Waals surface area contributed by atoms with E-state index < -0.39 is 5.97 Å². The zero-order valence-corrected chi connectivity index (χ0v) is 21.7. The molecule has 0 saturated carbocycles. The molecule has 2 aliphatic rings. The molecule has 0 amide bonds. The highest BCUT2D eigenvalue weighted by molar-refractivity contribution is 5.66. The van der Waals surface area contributed by atoms with Crippen molar-refractivity contribution in [3.8, 4) is 0 Å². The summed E-state index contributed by atoms with van der Waals surface area (Å²) in [6.07, 6.45) is 0.148. The number of rotatable bonds is 8. The average molecular weight is 502 g/mol. The van der Waals surface area contributed by atoms with Crippen molar-refractivity contribution >= 4 is 5.97 Å². The minimum Gasteiger partial charge on any atom is -0.481 e. The molecule has 2 heterocycles. The Kier molecular flexibility index (Phi) is 7.70. The number of aliphatic carboxylic acids is 1. The van der Waals surface area contributed by atoms with Gasteiger partial charge < -0.3 is 5.11 Å². The second kappa shape index (κ2) is 11.1. The molecule has 0 spiro atoms. The van der Waals surface area contributed by atoms with E-state index >= 15 is 0 Å². The van der Waals surface area contributed by atoms with E-state index in [9.17, 15) is 9.18 Å². The molecular weight excluding hydrogens is 465 g/mol. The van der Waals surface area contributed by atoms with E-state index in [1.807, 2.05) is 6.07 Å². The van der Waals surface area contributed by atoms with Crippen molar-refractivity contribution < 1.29 is 14.3 Å². The number of carboxylic acid groups (broad SMARTS) is 1. The number of hydrogen-bond acceptors (Lipinski definition) is 4. The molecule has 0 bridgehead atoms. The fourth-order valence-corrected chi connectivity index (χ4v) is 5.94. The Hall–Kier alpha value is -3.06. The maximum Gasteiger partial charge on any atom is 0.304 e. The molecule has 0 aromatic heterocycles. The van der Waals surface area contributed by atoms with E-state index in [0.29, 0.717) is 12.6 Å². The predicted octanol–water partition coefficient (Wildman–Crippen LogP) is 5.30. The van der Waals surface area contributed by atoms with Crippen molar-refractivity contribution in [1.82, 2.24) is 14.7 Å². The number of halogens is 1. The Morgan fingerprint density at radius 2 is 1.68 bits per heavy atom. The molecule has 0 aliphatic carbocycles. The first kappa shape index (κ1) is 25.6. The van der Waals surface area contributed by atoms with Gasteiger partial charge in [-0.3, -0.25) is 19.5 Å². The molecule has 5 rings (SSSR count). The Bertz CT molecular complexity index is 1230. The predicted molar refractivity (Wildman–Crippen MR) is 144 cm³/mol. The number of fused-ring (bicyclic) bond motifs is 1. The average Bonchev–Trinajstić information content (AvgIpc) is 3.29. The number of carbonyl (C=O) groups is 1. The van der Waals surface area contributed by atoms with Crippen molar-refractivity contribution in [2.24, 2.45) is 0 Å². The number of benzene rings is 3. The minimum atomic E-state index is -0.766. The van der Waals surface area contributed by atoms with Crippen LogP contribution in [0.4, 0.5) is 4.39 Å². The lowest BCUT2D eigenvalue weighted by molar-refractivity contribution is -0.137. The number of nitrogens with zero attached hydrogens (tertiary/aromatic N) is 3. The Balaban J connectivity index is 1.41. The minimum absolute atomic E-state index is 0.0506. The van der Waals surface area contributed by atoms with Crippen LogP contribution in [0.15, 0.2) is 72.8 Å². The third kappa shape index (κ3) is 5.93. The number of hydrogen-bond donors (Lipinski definition) is 1. The van der Waals surface area contributed by atoms with Gasteiger partial charge in [-0.2, -0.15) is 0 Å². The lowest BCUT2D eigenvalue weighted by atomic mass is 9.91. The Morgan fingerprint density at radius 1 is 0.919 bits per heavy atom. The SMILES string of the molecule is C[C@@H]1CN([C@@H](c2cccc(F)c2)c2ccc3c(c2)CN(CCC(=O)O)C3)[C@@H](C)CN1Cc1ccccc1. The smallest absolute Gasteiger partial charge is 0.304 e. The van der Waals surface area contributed by atoms with Gasteiger partial charge in [0.15, 0.2) is 0 Å². The third-order valence-corrected chi connectivity index (χ3v) is 7.86. The van der Waals surface area contributed by atoms with E-state index in [2.05, 4.69) is 77.1 Å². The zero-order valence-electron chi connectivity index (χ0n) is 21.7. The first-order valence-corrected chi connectivity index (χ1v) is 13.2.